The molecule has 0 saturated carbocycles. The zero-order valence-electron chi connectivity index (χ0n) is 19.5. The fourth-order valence-corrected chi connectivity index (χ4v) is 4.06. The summed E-state index contributed by atoms with van der Waals surface area (Å²) in [5.41, 5.74) is 2.07. The number of nitrogens with two attached hydrogens (primary N) is 1. The highest BCUT2D eigenvalue weighted by Gasteiger charge is 2.38. The number of urea groups is 1. The normalized spacial score (nSPS) is 12.7. The van der Waals surface area contributed by atoms with Crippen LogP contribution in [0.25, 0.3) is 11.0 Å². The van der Waals surface area contributed by atoms with E-state index in [1.807, 2.05) is 5.32 Å². The SMILES string of the molecule is C[Si](C)(C)CCOCn1cc(C(F)(F)F)c2c(Oc3ccc(NC(N)=O)cc3C(F)(F)F)ccnc21. The summed E-state index contributed by atoms with van der Waals surface area (Å²) in [6.07, 6.45) is -7.86. The van der Waals surface area contributed by atoms with Crippen LogP contribution in [0.2, 0.25) is 25.7 Å². The molecule has 0 aliphatic rings. The van der Waals surface area contributed by atoms with Crippen LogP contribution in [0.3, 0.4) is 0 Å². The number of rotatable bonds is 8. The third-order valence-corrected chi connectivity index (χ3v) is 6.73. The van der Waals surface area contributed by atoms with Crippen LogP contribution in [0.4, 0.5) is 36.8 Å². The first-order valence-corrected chi connectivity index (χ1v) is 14.4. The highest BCUT2D eigenvalue weighted by atomic mass is 28.3. The molecule has 0 spiro atoms. The van der Waals surface area contributed by atoms with Crippen LogP contribution in [-0.2, 0) is 23.8 Å². The second-order valence-corrected chi connectivity index (χ2v) is 14.8. The lowest BCUT2D eigenvalue weighted by atomic mass is 10.1. The van der Waals surface area contributed by atoms with Gasteiger partial charge in [0.15, 0.2) is 0 Å². The van der Waals surface area contributed by atoms with Gasteiger partial charge in [-0.25, -0.2) is 9.78 Å². The van der Waals surface area contributed by atoms with Gasteiger partial charge in [0.25, 0.3) is 0 Å². The fourth-order valence-electron chi connectivity index (χ4n) is 3.30. The van der Waals surface area contributed by atoms with Crippen molar-refractivity contribution >= 4 is 30.8 Å². The average molecular weight is 535 g/mol. The second kappa shape index (κ2) is 10.0. The standard InChI is InChI=1S/C22H24F6N4O3Si/c1-36(2,3)9-8-34-12-32-11-15(22(26,27)28)18-17(6-7-30-19(18)32)35-16-5-4-13(31-20(29)33)10-14(16)21(23,24)25/h4-7,10-11H,8-9,12H2,1-3H3,(H3,29,31,33). The summed E-state index contributed by atoms with van der Waals surface area (Å²) in [4.78, 5) is 15.0. The number of benzene rings is 1. The molecule has 0 atom stereocenters. The molecule has 0 unspecified atom stereocenters. The van der Waals surface area contributed by atoms with Gasteiger partial charge in [0.2, 0.25) is 0 Å². The number of carbonyl (C=O) groups excluding carboxylic acids is 1. The van der Waals surface area contributed by atoms with Crippen LogP contribution in [-0.4, -0.2) is 30.3 Å². The molecule has 2 aromatic heterocycles. The van der Waals surface area contributed by atoms with Crippen molar-refractivity contribution in [3.05, 3.63) is 47.8 Å². The maximum Gasteiger partial charge on any atom is 0.420 e. The number of carbonyl (C=O) groups is 1. The molecule has 0 bridgehead atoms. The largest absolute Gasteiger partial charge is 0.456 e. The molecule has 1 aromatic carbocycles. The van der Waals surface area contributed by atoms with Crippen molar-refractivity contribution in [1.82, 2.24) is 9.55 Å². The Balaban J connectivity index is 2.04. The topological polar surface area (TPSA) is 91.4 Å². The Morgan fingerprint density at radius 2 is 1.72 bits per heavy atom. The molecule has 36 heavy (non-hydrogen) atoms. The van der Waals surface area contributed by atoms with Gasteiger partial charge in [-0.15, -0.1) is 0 Å². The second-order valence-electron chi connectivity index (χ2n) is 9.17. The average Bonchev–Trinajstić information content (AvgIpc) is 3.11. The van der Waals surface area contributed by atoms with Gasteiger partial charge >= 0.3 is 18.4 Å². The van der Waals surface area contributed by atoms with Crippen LogP contribution >= 0.6 is 0 Å². The Labute approximate surface area is 203 Å². The smallest absolute Gasteiger partial charge is 0.420 e. The molecule has 0 fully saturated rings. The summed E-state index contributed by atoms with van der Waals surface area (Å²) in [6, 6.07) is 3.28. The maximum atomic E-state index is 13.9. The van der Waals surface area contributed by atoms with Crippen LogP contribution in [0, 0.1) is 0 Å². The van der Waals surface area contributed by atoms with Crippen molar-refractivity contribution < 1.29 is 40.6 Å². The number of hydrogen-bond donors (Lipinski definition) is 2. The Kier molecular flexibility index (Phi) is 7.60. The van der Waals surface area contributed by atoms with Crippen LogP contribution in [0.1, 0.15) is 11.1 Å². The number of alkyl halides is 6. The first-order chi connectivity index (χ1) is 16.6. The quantitative estimate of drug-likeness (QED) is 0.192. The molecule has 0 aliphatic heterocycles. The minimum Gasteiger partial charge on any atom is -0.456 e. The molecule has 3 aromatic rings. The lowest BCUT2D eigenvalue weighted by Gasteiger charge is -2.16. The highest BCUT2D eigenvalue weighted by Crippen LogP contribution is 2.44. The van der Waals surface area contributed by atoms with E-state index in [1.54, 1.807) is 0 Å². The summed E-state index contributed by atoms with van der Waals surface area (Å²) < 4.78 is 94.7. The third-order valence-electron chi connectivity index (χ3n) is 5.02. The molecule has 3 N–H and O–H groups in total. The minimum absolute atomic E-state index is 0.159. The molecule has 0 aliphatic carbocycles. The van der Waals surface area contributed by atoms with Crippen LogP contribution in [0.15, 0.2) is 36.7 Å². The number of halogens is 6. The van der Waals surface area contributed by atoms with E-state index in [2.05, 4.69) is 24.6 Å². The van der Waals surface area contributed by atoms with Gasteiger partial charge in [0.1, 0.15) is 29.4 Å². The summed E-state index contributed by atoms with van der Waals surface area (Å²) in [6.45, 7) is 6.49. The van der Waals surface area contributed by atoms with Crippen molar-refractivity contribution in [2.45, 2.75) is 44.8 Å². The van der Waals surface area contributed by atoms with Crippen LogP contribution < -0.4 is 15.8 Å². The number of aromatic nitrogens is 2. The van der Waals surface area contributed by atoms with Crippen molar-refractivity contribution in [2.24, 2.45) is 5.73 Å². The molecule has 14 heteroatoms. The number of amides is 2. The maximum absolute atomic E-state index is 13.9. The zero-order chi connectivity index (χ0) is 26.9. The van der Waals surface area contributed by atoms with Crippen molar-refractivity contribution in [1.29, 1.82) is 0 Å². The summed E-state index contributed by atoms with van der Waals surface area (Å²) in [5, 5.41) is 1.51. The Hall–Kier alpha value is -3.26. The van der Waals surface area contributed by atoms with Gasteiger partial charge in [-0.2, -0.15) is 26.3 Å². The number of fused-ring (bicyclic) bond motifs is 1. The van der Waals surface area contributed by atoms with E-state index < -0.39 is 54.5 Å². The van der Waals surface area contributed by atoms with E-state index in [0.29, 0.717) is 12.7 Å². The Morgan fingerprint density at radius 3 is 2.31 bits per heavy atom. The molecular formula is C22H24F6N4O3Si. The summed E-state index contributed by atoms with van der Waals surface area (Å²) in [7, 11) is -1.43. The number of ether oxygens (including phenoxy) is 2. The van der Waals surface area contributed by atoms with E-state index in [9.17, 15) is 31.1 Å². The van der Waals surface area contributed by atoms with Gasteiger partial charge in [0.05, 0.1) is 10.9 Å². The van der Waals surface area contributed by atoms with Gasteiger partial charge < -0.3 is 25.1 Å². The van der Waals surface area contributed by atoms with Gasteiger partial charge in [-0.3, -0.25) is 0 Å². The summed E-state index contributed by atoms with van der Waals surface area (Å²) in [5.74, 6) is -1.24. The lowest BCUT2D eigenvalue weighted by Crippen LogP contribution is -2.22. The molecule has 3 rings (SSSR count). The number of anilines is 1. The minimum atomic E-state index is -4.94. The Bertz CT molecular complexity index is 1250. The molecule has 0 saturated heterocycles. The van der Waals surface area contributed by atoms with E-state index in [1.165, 1.54) is 0 Å². The fraction of sp³-hybridized carbons (Fsp3) is 0.364. The predicted molar refractivity (Wildman–Crippen MR) is 124 cm³/mol. The first-order valence-electron chi connectivity index (χ1n) is 10.6. The number of nitrogens with one attached hydrogen (secondary N) is 1. The zero-order valence-corrected chi connectivity index (χ0v) is 20.5. The van der Waals surface area contributed by atoms with Gasteiger partial charge in [-0.1, -0.05) is 19.6 Å². The van der Waals surface area contributed by atoms with E-state index in [4.69, 9.17) is 15.2 Å². The van der Waals surface area contributed by atoms with Crippen molar-refractivity contribution in [3.8, 4) is 11.5 Å². The van der Waals surface area contributed by atoms with E-state index in [0.717, 1.165) is 41.2 Å². The number of nitrogens with zero attached hydrogens (tertiary/aromatic N) is 2. The monoisotopic (exact) mass is 534 g/mol. The first kappa shape index (κ1) is 27.3. The van der Waals surface area contributed by atoms with Crippen molar-refractivity contribution in [2.75, 3.05) is 11.9 Å². The van der Waals surface area contributed by atoms with Crippen molar-refractivity contribution in [3.63, 3.8) is 0 Å². The van der Waals surface area contributed by atoms with Crippen LogP contribution in [0.5, 0.6) is 11.5 Å². The molecular weight excluding hydrogens is 510 g/mol. The van der Waals surface area contributed by atoms with Gasteiger partial charge in [0, 0.05) is 32.8 Å². The van der Waals surface area contributed by atoms with E-state index in [-0.39, 0.29) is 18.1 Å². The molecule has 2 amide bonds. The Morgan fingerprint density at radius 1 is 1.06 bits per heavy atom. The summed E-state index contributed by atoms with van der Waals surface area (Å²) >= 11 is 0. The number of primary amides is 1. The molecule has 7 nitrogen and oxygen atoms in total. The lowest BCUT2D eigenvalue weighted by molar-refractivity contribution is -0.139. The molecule has 2 heterocycles. The molecule has 196 valence electrons. The highest BCUT2D eigenvalue weighted by molar-refractivity contribution is 6.76. The van der Waals surface area contributed by atoms with Gasteiger partial charge in [-0.05, 0) is 30.3 Å². The number of pyridine rings is 1. The number of hydrogen-bond acceptors (Lipinski definition) is 4. The third kappa shape index (κ3) is 6.69. The predicted octanol–water partition coefficient (Wildman–Crippen LogP) is 6.67. The van der Waals surface area contributed by atoms with E-state index >= 15 is 0 Å². The molecule has 0 radical (unpaired) electrons.